The average molecular weight is 256 g/mol. The summed E-state index contributed by atoms with van der Waals surface area (Å²) in [6, 6.07) is 8.03. The van der Waals surface area contributed by atoms with E-state index < -0.39 is 0 Å². The second-order valence-electron chi connectivity index (χ2n) is 4.92. The molecule has 2 nitrogen and oxygen atoms in total. The first-order chi connectivity index (χ1) is 7.99. The SMILES string of the molecule is CC(C)NCC(Oc1cccc(Cl)c1)C(C)C. The zero-order valence-electron chi connectivity index (χ0n) is 11.0. The molecule has 17 heavy (non-hydrogen) atoms. The molecule has 1 atom stereocenters. The van der Waals surface area contributed by atoms with Crippen molar-refractivity contribution < 1.29 is 4.74 Å². The smallest absolute Gasteiger partial charge is 0.121 e. The summed E-state index contributed by atoms with van der Waals surface area (Å²) in [5, 5.41) is 4.11. The van der Waals surface area contributed by atoms with Gasteiger partial charge >= 0.3 is 0 Å². The fourth-order valence-electron chi connectivity index (χ4n) is 1.48. The number of nitrogens with one attached hydrogen (secondary N) is 1. The molecule has 1 aromatic rings. The Morgan fingerprint density at radius 3 is 2.47 bits per heavy atom. The van der Waals surface area contributed by atoms with E-state index in [2.05, 4.69) is 33.0 Å². The van der Waals surface area contributed by atoms with Crippen LogP contribution in [0.15, 0.2) is 24.3 Å². The summed E-state index contributed by atoms with van der Waals surface area (Å²) in [6.45, 7) is 9.45. The molecule has 0 amide bonds. The molecule has 0 spiro atoms. The Hall–Kier alpha value is -0.730. The molecule has 0 heterocycles. The Morgan fingerprint density at radius 2 is 1.94 bits per heavy atom. The summed E-state index contributed by atoms with van der Waals surface area (Å²) >= 11 is 5.94. The van der Waals surface area contributed by atoms with Crippen molar-refractivity contribution in [3.63, 3.8) is 0 Å². The quantitative estimate of drug-likeness (QED) is 0.836. The van der Waals surface area contributed by atoms with Crippen molar-refractivity contribution in [1.82, 2.24) is 5.32 Å². The lowest BCUT2D eigenvalue weighted by Crippen LogP contribution is -2.38. The maximum absolute atomic E-state index is 5.96. The van der Waals surface area contributed by atoms with E-state index in [-0.39, 0.29) is 6.10 Å². The van der Waals surface area contributed by atoms with Crippen LogP contribution in [-0.2, 0) is 0 Å². The van der Waals surface area contributed by atoms with Crippen molar-refractivity contribution in [2.45, 2.75) is 39.8 Å². The van der Waals surface area contributed by atoms with Gasteiger partial charge in [0.05, 0.1) is 0 Å². The van der Waals surface area contributed by atoms with Gasteiger partial charge in [-0.15, -0.1) is 0 Å². The number of halogens is 1. The molecule has 0 aliphatic carbocycles. The van der Waals surface area contributed by atoms with Crippen LogP contribution >= 0.6 is 11.6 Å². The highest BCUT2D eigenvalue weighted by molar-refractivity contribution is 6.30. The van der Waals surface area contributed by atoms with Crippen molar-refractivity contribution in [3.8, 4) is 5.75 Å². The maximum Gasteiger partial charge on any atom is 0.121 e. The summed E-state index contributed by atoms with van der Waals surface area (Å²) in [5.74, 6) is 1.29. The van der Waals surface area contributed by atoms with Crippen LogP contribution in [0, 0.1) is 5.92 Å². The van der Waals surface area contributed by atoms with Crippen LogP contribution in [0.1, 0.15) is 27.7 Å². The molecule has 0 aliphatic heterocycles. The number of rotatable bonds is 6. The molecule has 96 valence electrons. The zero-order valence-corrected chi connectivity index (χ0v) is 11.8. The number of hydrogen-bond acceptors (Lipinski definition) is 2. The van der Waals surface area contributed by atoms with Crippen molar-refractivity contribution in [3.05, 3.63) is 29.3 Å². The topological polar surface area (TPSA) is 21.3 Å². The van der Waals surface area contributed by atoms with Gasteiger partial charge in [-0.3, -0.25) is 0 Å². The second kappa shape index (κ2) is 6.87. The molecule has 3 heteroatoms. The first kappa shape index (κ1) is 14.3. The van der Waals surface area contributed by atoms with Crippen LogP contribution in [0.3, 0.4) is 0 Å². The summed E-state index contributed by atoms with van der Waals surface area (Å²) < 4.78 is 5.96. The lowest BCUT2D eigenvalue weighted by atomic mass is 10.1. The normalized spacial score (nSPS) is 13.1. The van der Waals surface area contributed by atoms with Crippen LogP contribution < -0.4 is 10.1 Å². The minimum Gasteiger partial charge on any atom is -0.489 e. The third kappa shape index (κ3) is 5.42. The number of benzene rings is 1. The lowest BCUT2D eigenvalue weighted by molar-refractivity contribution is 0.146. The Labute approximate surface area is 109 Å². The standard InChI is InChI=1S/C14H22ClNO/c1-10(2)14(9-16-11(3)4)17-13-7-5-6-12(15)8-13/h5-8,10-11,14,16H,9H2,1-4H3. The van der Waals surface area contributed by atoms with E-state index in [0.29, 0.717) is 17.0 Å². The molecule has 1 rings (SSSR count). The van der Waals surface area contributed by atoms with Crippen molar-refractivity contribution in [2.75, 3.05) is 6.54 Å². The molecule has 0 saturated heterocycles. The maximum atomic E-state index is 5.96. The van der Waals surface area contributed by atoms with Gasteiger partial charge in [0.25, 0.3) is 0 Å². The van der Waals surface area contributed by atoms with Gasteiger partial charge in [0.2, 0.25) is 0 Å². The molecule has 0 aliphatic rings. The van der Waals surface area contributed by atoms with E-state index in [0.717, 1.165) is 12.3 Å². The molecule has 0 aromatic heterocycles. The van der Waals surface area contributed by atoms with Crippen LogP contribution in [-0.4, -0.2) is 18.7 Å². The second-order valence-corrected chi connectivity index (χ2v) is 5.36. The summed E-state index contributed by atoms with van der Waals surface area (Å²) in [5.41, 5.74) is 0. The van der Waals surface area contributed by atoms with Gasteiger partial charge in [0.1, 0.15) is 11.9 Å². The highest BCUT2D eigenvalue weighted by Gasteiger charge is 2.15. The first-order valence-corrected chi connectivity index (χ1v) is 6.52. The summed E-state index contributed by atoms with van der Waals surface area (Å²) in [6.07, 6.45) is 0.163. The van der Waals surface area contributed by atoms with E-state index >= 15 is 0 Å². The summed E-state index contributed by atoms with van der Waals surface area (Å²) in [7, 11) is 0. The number of ether oxygens (including phenoxy) is 1. The molecule has 0 bridgehead atoms. The average Bonchev–Trinajstić information content (AvgIpc) is 2.23. The summed E-state index contributed by atoms with van der Waals surface area (Å²) in [4.78, 5) is 0. The van der Waals surface area contributed by atoms with Gasteiger partial charge in [0.15, 0.2) is 0 Å². The first-order valence-electron chi connectivity index (χ1n) is 6.14. The van der Waals surface area contributed by atoms with E-state index in [9.17, 15) is 0 Å². The molecule has 0 saturated carbocycles. The van der Waals surface area contributed by atoms with E-state index in [1.165, 1.54) is 0 Å². The largest absolute Gasteiger partial charge is 0.489 e. The molecule has 1 aromatic carbocycles. The van der Waals surface area contributed by atoms with Gasteiger partial charge in [-0.2, -0.15) is 0 Å². The fraction of sp³-hybridized carbons (Fsp3) is 0.571. The third-order valence-electron chi connectivity index (χ3n) is 2.55. The van der Waals surface area contributed by atoms with E-state index in [1.54, 1.807) is 0 Å². The Morgan fingerprint density at radius 1 is 1.24 bits per heavy atom. The van der Waals surface area contributed by atoms with Crippen LogP contribution in [0.25, 0.3) is 0 Å². The van der Waals surface area contributed by atoms with E-state index in [4.69, 9.17) is 16.3 Å². The highest BCUT2D eigenvalue weighted by atomic mass is 35.5. The molecule has 0 fully saturated rings. The predicted molar refractivity (Wildman–Crippen MR) is 73.8 cm³/mol. The Bertz CT molecular complexity index is 339. The van der Waals surface area contributed by atoms with Gasteiger partial charge < -0.3 is 10.1 Å². The molecular weight excluding hydrogens is 234 g/mol. The van der Waals surface area contributed by atoms with Gasteiger partial charge in [0, 0.05) is 17.6 Å². The Kier molecular flexibility index (Phi) is 5.79. The van der Waals surface area contributed by atoms with Gasteiger partial charge in [-0.1, -0.05) is 45.4 Å². The van der Waals surface area contributed by atoms with Gasteiger partial charge in [-0.25, -0.2) is 0 Å². The van der Waals surface area contributed by atoms with Gasteiger partial charge in [-0.05, 0) is 24.1 Å². The van der Waals surface area contributed by atoms with E-state index in [1.807, 2.05) is 24.3 Å². The minimum absolute atomic E-state index is 0.163. The minimum atomic E-state index is 0.163. The highest BCUT2D eigenvalue weighted by Crippen LogP contribution is 2.20. The molecule has 0 radical (unpaired) electrons. The third-order valence-corrected chi connectivity index (χ3v) is 2.79. The zero-order chi connectivity index (χ0) is 12.8. The molecule has 1 unspecified atom stereocenters. The lowest BCUT2D eigenvalue weighted by Gasteiger charge is -2.24. The van der Waals surface area contributed by atoms with Crippen molar-refractivity contribution >= 4 is 11.6 Å². The monoisotopic (exact) mass is 255 g/mol. The van der Waals surface area contributed by atoms with Crippen LogP contribution in [0.4, 0.5) is 0 Å². The molecular formula is C14H22ClNO. The molecule has 1 N–H and O–H groups in total. The predicted octanol–water partition coefficient (Wildman–Crippen LogP) is 3.74. The van der Waals surface area contributed by atoms with Crippen LogP contribution in [0.2, 0.25) is 5.02 Å². The van der Waals surface area contributed by atoms with Crippen LogP contribution in [0.5, 0.6) is 5.75 Å². The number of hydrogen-bond donors (Lipinski definition) is 1. The fourth-order valence-corrected chi connectivity index (χ4v) is 1.66. The Balaban J connectivity index is 2.60. The van der Waals surface area contributed by atoms with Crippen molar-refractivity contribution in [2.24, 2.45) is 5.92 Å². The van der Waals surface area contributed by atoms with Crippen molar-refractivity contribution in [1.29, 1.82) is 0 Å².